The van der Waals surface area contributed by atoms with E-state index in [0.29, 0.717) is 11.5 Å². The first-order valence-electron chi connectivity index (χ1n) is 6.50. The molecule has 2 aromatic carbocycles. The summed E-state index contributed by atoms with van der Waals surface area (Å²) < 4.78 is 40.0. The van der Waals surface area contributed by atoms with Crippen LogP contribution in [0.4, 0.5) is 13.2 Å². The van der Waals surface area contributed by atoms with E-state index in [9.17, 15) is 18.3 Å². The monoisotopic (exact) mass is 278 g/mol. The van der Waals surface area contributed by atoms with Crippen LogP contribution in [-0.4, -0.2) is 5.11 Å². The quantitative estimate of drug-likeness (QED) is 0.839. The van der Waals surface area contributed by atoms with Crippen LogP contribution in [0.25, 0.3) is 0 Å². The molecule has 20 heavy (non-hydrogen) atoms. The minimum absolute atomic E-state index is 0.239. The molecule has 2 aromatic rings. The molecule has 1 atom stereocenters. The average molecular weight is 278 g/mol. The minimum atomic E-state index is -1.55. The van der Waals surface area contributed by atoms with Crippen LogP contribution in [-0.2, 0) is 0 Å². The fourth-order valence-electron chi connectivity index (χ4n) is 2.45. The van der Waals surface area contributed by atoms with Crippen molar-refractivity contribution < 1.29 is 18.3 Å². The third kappa shape index (κ3) is 2.20. The number of aliphatic hydroxyl groups is 1. The van der Waals surface area contributed by atoms with Crippen molar-refractivity contribution in [3.05, 3.63) is 70.5 Å². The number of hydrogen-bond donors (Lipinski definition) is 1. The third-order valence-electron chi connectivity index (χ3n) is 3.67. The summed E-state index contributed by atoms with van der Waals surface area (Å²) in [4.78, 5) is 0. The van der Waals surface area contributed by atoms with Crippen molar-refractivity contribution in [2.75, 3.05) is 0 Å². The lowest BCUT2D eigenvalue weighted by Crippen LogP contribution is -2.08. The molecule has 1 aliphatic rings. The standard InChI is InChI=1S/C16H13F3O/c17-13-8-7-12(14(18)15(13)19)16(20)11-4-2-1-3-10(11)9-5-6-9/h1-4,7-9,16,20H,5-6H2. The van der Waals surface area contributed by atoms with E-state index < -0.39 is 23.6 Å². The average Bonchev–Trinajstić information content (AvgIpc) is 3.29. The largest absolute Gasteiger partial charge is 0.384 e. The Labute approximate surface area is 114 Å². The fraction of sp³-hybridized carbons (Fsp3) is 0.250. The van der Waals surface area contributed by atoms with Gasteiger partial charge in [-0.05, 0) is 36.0 Å². The van der Waals surface area contributed by atoms with E-state index in [1.165, 1.54) is 0 Å². The molecule has 0 aromatic heterocycles. The van der Waals surface area contributed by atoms with Crippen molar-refractivity contribution in [2.45, 2.75) is 24.9 Å². The second-order valence-corrected chi connectivity index (χ2v) is 5.07. The molecule has 1 aliphatic carbocycles. The first-order valence-corrected chi connectivity index (χ1v) is 6.50. The van der Waals surface area contributed by atoms with Crippen LogP contribution >= 0.6 is 0 Å². The summed E-state index contributed by atoms with van der Waals surface area (Å²) in [5.41, 5.74) is 1.26. The number of rotatable bonds is 3. The molecule has 0 heterocycles. The molecule has 1 unspecified atom stereocenters. The van der Waals surface area contributed by atoms with Gasteiger partial charge in [-0.3, -0.25) is 0 Å². The summed E-state index contributed by atoms with van der Waals surface area (Å²) in [6, 6.07) is 9.08. The minimum Gasteiger partial charge on any atom is -0.384 e. The molecule has 1 N–H and O–H groups in total. The van der Waals surface area contributed by atoms with Gasteiger partial charge in [0, 0.05) is 5.56 Å². The van der Waals surface area contributed by atoms with Crippen LogP contribution in [0, 0.1) is 17.5 Å². The smallest absolute Gasteiger partial charge is 0.194 e. The Kier molecular flexibility index (Phi) is 3.26. The number of aliphatic hydroxyl groups excluding tert-OH is 1. The summed E-state index contributed by atoms with van der Waals surface area (Å²) in [6.07, 6.45) is 0.774. The summed E-state index contributed by atoms with van der Waals surface area (Å²) in [6.45, 7) is 0. The van der Waals surface area contributed by atoms with Gasteiger partial charge in [-0.1, -0.05) is 30.3 Å². The van der Waals surface area contributed by atoms with Gasteiger partial charge in [0.25, 0.3) is 0 Å². The van der Waals surface area contributed by atoms with Crippen LogP contribution in [0.5, 0.6) is 0 Å². The third-order valence-corrected chi connectivity index (χ3v) is 3.67. The highest BCUT2D eigenvalue weighted by Gasteiger charge is 2.29. The van der Waals surface area contributed by atoms with Gasteiger partial charge in [-0.25, -0.2) is 13.2 Å². The van der Waals surface area contributed by atoms with E-state index in [0.717, 1.165) is 30.5 Å². The maximum Gasteiger partial charge on any atom is 0.194 e. The number of halogens is 3. The van der Waals surface area contributed by atoms with Gasteiger partial charge in [0.05, 0.1) is 0 Å². The zero-order valence-electron chi connectivity index (χ0n) is 10.6. The Balaban J connectivity index is 2.05. The molecule has 1 saturated carbocycles. The van der Waals surface area contributed by atoms with Crippen molar-refractivity contribution >= 4 is 0 Å². The normalized spacial score (nSPS) is 16.2. The van der Waals surface area contributed by atoms with Gasteiger partial charge >= 0.3 is 0 Å². The molecule has 0 bridgehead atoms. The van der Waals surface area contributed by atoms with E-state index in [1.54, 1.807) is 12.1 Å². The van der Waals surface area contributed by atoms with E-state index in [-0.39, 0.29) is 5.56 Å². The van der Waals surface area contributed by atoms with Crippen molar-refractivity contribution in [3.63, 3.8) is 0 Å². The predicted molar refractivity (Wildman–Crippen MR) is 68.8 cm³/mol. The highest BCUT2D eigenvalue weighted by atomic mass is 19.2. The number of benzene rings is 2. The SMILES string of the molecule is OC(c1ccccc1C1CC1)c1ccc(F)c(F)c1F. The summed E-state index contributed by atoms with van der Waals surface area (Å²) in [5.74, 6) is -3.77. The first-order chi connectivity index (χ1) is 9.59. The van der Waals surface area contributed by atoms with Gasteiger partial charge in [0.2, 0.25) is 0 Å². The molecule has 1 nitrogen and oxygen atoms in total. The number of hydrogen-bond acceptors (Lipinski definition) is 1. The molecule has 4 heteroatoms. The zero-order valence-corrected chi connectivity index (χ0v) is 10.6. The summed E-state index contributed by atoms with van der Waals surface area (Å²) in [5, 5.41) is 10.3. The summed E-state index contributed by atoms with van der Waals surface area (Å²) >= 11 is 0. The molecule has 3 rings (SSSR count). The van der Waals surface area contributed by atoms with E-state index in [1.807, 2.05) is 12.1 Å². The van der Waals surface area contributed by atoms with Crippen molar-refractivity contribution in [1.29, 1.82) is 0 Å². The van der Waals surface area contributed by atoms with Crippen LogP contribution in [0.1, 0.15) is 41.6 Å². The Morgan fingerprint density at radius 1 is 0.900 bits per heavy atom. The van der Waals surface area contributed by atoms with Gasteiger partial charge < -0.3 is 5.11 Å². The lowest BCUT2D eigenvalue weighted by atomic mass is 9.94. The highest BCUT2D eigenvalue weighted by Crippen LogP contribution is 2.44. The van der Waals surface area contributed by atoms with Gasteiger partial charge in [0.15, 0.2) is 17.5 Å². The molecule has 0 spiro atoms. The highest BCUT2D eigenvalue weighted by molar-refractivity contribution is 5.40. The molecule has 0 amide bonds. The Hall–Kier alpha value is -1.81. The second kappa shape index (κ2) is 4.94. The molecule has 0 saturated heterocycles. The maximum atomic E-state index is 13.8. The zero-order chi connectivity index (χ0) is 14.3. The maximum absolute atomic E-state index is 13.8. The molecule has 1 fully saturated rings. The molecule has 0 aliphatic heterocycles. The lowest BCUT2D eigenvalue weighted by molar-refractivity contribution is 0.211. The van der Waals surface area contributed by atoms with Crippen molar-refractivity contribution in [2.24, 2.45) is 0 Å². The first kappa shape index (κ1) is 13.2. The van der Waals surface area contributed by atoms with E-state index >= 15 is 0 Å². The Bertz CT molecular complexity index is 650. The Morgan fingerprint density at radius 2 is 1.60 bits per heavy atom. The lowest BCUT2D eigenvalue weighted by Gasteiger charge is -2.16. The topological polar surface area (TPSA) is 20.2 Å². The predicted octanol–water partition coefficient (Wildman–Crippen LogP) is 4.06. The van der Waals surface area contributed by atoms with Crippen molar-refractivity contribution in [3.8, 4) is 0 Å². The molecular weight excluding hydrogens is 265 g/mol. The van der Waals surface area contributed by atoms with E-state index in [2.05, 4.69) is 0 Å². The van der Waals surface area contributed by atoms with Crippen LogP contribution in [0.3, 0.4) is 0 Å². The van der Waals surface area contributed by atoms with Gasteiger partial charge in [0.1, 0.15) is 6.10 Å². The summed E-state index contributed by atoms with van der Waals surface area (Å²) in [7, 11) is 0. The molecule has 0 radical (unpaired) electrons. The van der Waals surface area contributed by atoms with E-state index in [4.69, 9.17) is 0 Å². The van der Waals surface area contributed by atoms with Gasteiger partial charge in [-0.2, -0.15) is 0 Å². The molecular formula is C16H13F3O. The fourth-order valence-corrected chi connectivity index (χ4v) is 2.45. The van der Waals surface area contributed by atoms with Crippen LogP contribution in [0.2, 0.25) is 0 Å². The van der Waals surface area contributed by atoms with Gasteiger partial charge in [-0.15, -0.1) is 0 Å². The second-order valence-electron chi connectivity index (χ2n) is 5.07. The van der Waals surface area contributed by atoms with Crippen LogP contribution < -0.4 is 0 Å². The Morgan fingerprint density at radius 3 is 2.30 bits per heavy atom. The van der Waals surface area contributed by atoms with Crippen molar-refractivity contribution in [1.82, 2.24) is 0 Å². The molecule has 104 valence electrons. The van der Waals surface area contributed by atoms with Crippen LogP contribution in [0.15, 0.2) is 36.4 Å².